The zero-order valence-electron chi connectivity index (χ0n) is 30.3. The normalized spacial score (nSPS) is 15.8. The van der Waals surface area contributed by atoms with Gasteiger partial charge in [-0.3, -0.25) is 19.0 Å². The Bertz CT molecular complexity index is 2540. The molecule has 17 heteroatoms. The first-order valence-corrected chi connectivity index (χ1v) is 17.8. The molecular weight excluding hydrogens is 771 g/mol. The molecule has 298 valence electrons. The smallest absolute Gasteiger partial charge is 0.407 e. The Morgan fingerprint density at radius 3 is 1.97 bits per heavy atom. The molecule has 1 saturated heterocycles. The Morgan fingerprint density at radius 2 is 1.34 bits per heavy atom. The van der Waals surface area contributed by atoms with Crippen LogP contribution >= 0.6 is 0 Å². The van der Waals surface area contributed by atoms with Crippen molar-refractivity contribution in [3.05, 3.63) is 157 Å². The fourth-order valence-corrected chi connectivity index (χ4v) is 7.27. The maximum Gasteiger partial charge on any atom is 0.407 e. The summed E-state index contributed by atoms with van der Waals surface area (Å²) in [6.45, 7) is 0.453. The van der Waals surface area contributed by atoms with Crippen molar-refractivity contribution in [2.45, 2.75) is 37.8 Å². The third-order valence-electron chi connectivity index (χ3n) is 10.1. The summed E-state index contributed by atoms with van der Waals surface area (Å²) in [7, 11) is 0. The molecule has 0 bridgehead atoms. The number of hydrogen-bond acceptors (Lipinski definition) is 8. The fraction of sp³-hybridized carbons (Fsp3) is 0.220. The molecule has 2 aliphatic rings. The first-order valence-electron chi connectivity index (χ1n) is 17.8. The second-order valence-corrected chi connectivity index (χ2v) is 13.6. The molecule has 1 aromatic heterocycles. The molecule has 2 heterocycles. The number of hydrogen-bond donors (Lipinski definition) is 1. The lowest BCUT2D eigenvalue weighted by Crippen LogP contribution is -2.46. The van der Waals surface area contributed by atoms with Crippen LogP contribution in [0.1, 0.15) is 51.8 Å². The van der Waals surface area contributed by atoms with Gasteiger partial charge in [0, 0.05) is 49.2 Å². The quantitative estimate of drug-likeness (QED) is 0.0688. The molecule has 4 aromatic carbocycles. The maximum atomic E-state index is 14.6. The van der Waals surface area contributed by atoms with Crippen molar-refractivity contribution in [2.75, 3.05) is 19.7 Å². The van der Waals surface area contributed by atoms with E-state index in [4.69, 9.17) is 9.47 Å². The summed E-state index contributed by atoms with van der Waals surface area (Å²) in [5.74, 6) is -17.8. The second-order valence-electron chi connectivity index (χ2n) is 13.6. The Balaban J connectivity index is 1.10. The molecular formula is C41H31F5N4O8. The molecule has 7 rings (SSSR count). The van der Waals surface area contributed by atoms with Crippen LogP contribution in [-0.2, 0) is 14.3 Å². The molecule has 12 nitrogen and oxygen atoms in total. The summed E-state index contributed by atoms with van der Waals surface area (Å²) in [5, 5.41) is 2.45. The number of aryl methyl sites for hydroxylation is 1. The van der Waals surface area contributed by atoms with E-state index in [1.54, 1.807) is 6.07 Å². The van der Waals surface area contributed by atoms with E-state index in [-0.39, 0.29) is 30.2 Å². The number of nitrogens with one attached hydrogen (secondary N) is 1. The third kappa shape index (κ3) is 7.14. The average Bonchev–Trinajstić information content (AvgIpc) is 3.82. The third-order valence-corrected chi connectivity index (χ3v) is 10.1. The topological polar surface area (TPSA) is 146 Å². The average molecular weight is 803 g/mol. The summed E-state index contributed by atoms with van der Waals surface area (Å²) >= 11 is 0. The van der Waals surface area contributed by atoms with E-state index in [1.165, 1.54) is 31.2 Å². The van der Waals surface area contributed by atoms with Crippen LogP contribution in [0.5, 0.6) is 5.75 Å². The number of likely N-dealkylation sites (tertiary alicyclic amines) is 1. The first-order chi connectivity index (χ1) is 27.8. The van der Waals surface area contributed by atoms with E-state index in [0.717, 1.165) is 37.9 Å². The highest BCUT2D eigenvalue weighted by molar-refractivity contribution is 5.95. The van der Waals surface area contributed by atoms with Gasteiger partial charge in [-0.05, 0) is 41.3 Å². The van der Waals surface area contributed by atoms with E-state index >= 15 is 0 Å². The minimum atomic E-state index is -2.49. The molecule has 0 spiro atoms. The Kier molecular flexibility index (Phi) is 10.8. The molecule has 0 radical (unpaired) electrons. The zero-order valence-corrected chi connectivity index (χ0v) is 30.3. The molecule has 0 unspecified atom stereocenters. The number of nitrogens with zero attached hydrogens (tertiary/aromatic N) is 3. The minimum absolute atomic E-state index is 0.00440. The summed E-state index contributed by atoms with van der Waals surface area (Å²) < 4.78 is 82.3. The molecule has 1 aliphatic carbocycles. The fourth-order valence-electron chi connectivity index (χ4n) is 7.27. The lowest BCUT2D eigenvalue weighted by molar-refractivity contribution is -0.146. The van der Waals surface area contributed by atoms with Gasteiger partial charge in [-0.2, -0.15) is 13.3 Å². The Hall–Kier alpha value is -6.91. The van der Waals surface area contributed by atoms with Gasteiger partial charge in [0.1, 0.15) is 12.6 Å². The van der Waals surface area contributed by atoms with E-state index in [2.05, 4.69) is 5.32 Å². The molecule has 1 fully saturated rings. The van der Waals surface area contributed by atoms with Crippen LogP contribution in [-0.4, -0.2) is 63.6 Å². The number of alkyl carbamates (subject to hydrolysis) is 1. The Labute approximate surface area is 325 Å². The highest BCUT2D eigenvalue weighted by Crippen LogP contribution is 2.44. The van der Waals surface area contributed by atoms with E-state index in [0.29, 0.717) is 4.57 Å². The monoisotopic (exact) mass is 802 g/mol. The number of ether oxygens (including phenoxy) is 2. The number of rotatable bonds is 9. The lowest BCUT2D eigenvalue weighted by atomic mass is 9.98. The highest BCUT2D eigenvalue weighted by Gasteiger charge is 2.43. The number of fused-ring (bicyclic) bond motifs is 3. The van der Waals surface area contributed by atoms with E-state index in [9.17, 15) is 50.7 Å². The number of carbonyl (C=O) groups excluding carboxylic acids is 4. The van der Waals surface area contributed by atoms with Crippen LogP contribution in [0.25, 0.3) is 11.1 Å². The van der Waals surface area contributed by atoms with Gasteiger partial charge in [-0.25, -0.2) is 27.6 Å². The van der Waals surface area contributed by atoms with Gasteiger partial charge in [0.25, 0.3) is 11.5 Å². The predicted octanol–water partition coefficient (Wildman–Crippen LogP) is 5.38. The number of halogens is 5. The van der Waals surface area contributed by atoms with Crippen LogP contribution in [0, 0.1) is 36.0 Å². The standard InChI is InChI=1S/C41H31F5N4O8/c1-21-18-48(41(56)50(37(21)52)38(53)22-9-3-2-4-10-22)23-17-29(39(54)58-36-34(45)32(43)31(42)33(44)35(36)46)49(19-23)30(51)15-16-47-40(55)57-20-28-26-13-7-5-11-24(26)25-12-6-8-14-27(25)28/h2-14,18,23,28-29H,15-17,19-20H2,1H3,(H,47,55)/t23-,29-/m1/s1. The van der Waals surface area contributed by atoms with Gasteiger partial charge >= 0.3 is 17.8 Å². The molecule has 5 aromatic rings. The van der Waals surface area contributed by atoms with Crippen LogP contribution in [0.3, 0.4) is 0 Å². The van der Waals surface area contributed by atoms with Crippen molar-refractivity contribution in [1.82, 2.24) is 19.4 Å². The van der Waals surface area contributed by atoms with Gasteiger partial charge in [0.2, 0.25) is 40.7 Å². The van der Waals surface area contributed by atoms with Gasteiger partial charge in [0.05, 0.1) is 6.04 Å². The summed E-state index contributed by atoms with van der Waals surface area (Å²) in [6, 6.07) is 19.7. The molecule has 58 heavy (non-hydrogen) atoms. The predicted molar refractivity (Wildman–Crippen MR) is 195 cm³/mol. The number of esters is 1. The minimum Gasteiger partial charge on any atom is -0.449 e. The van der Waals surface area contributed by atoms with Crippen LogP contribution in [0.4, 0.5) is 26.7 Å². The highest BCUT2D eigenvalue weighted by atomic mass is 19.2. The van der Waals surface area contributed by atoms with Crippen molar-refractivity contribution >= 4 is 23.9 Å². The summed E-state index contributed by atoms with van der Waals surface area (Å²) in [4.78, 5) is 80.9. The summed E-state index contributed by atoms with van der Waals surface area (Å²) in [6.07, 6.45) is -0.799. The van der Waals surface area contributed by atoms with Crippen molar-refractivity contribution in [2.24, 2.45) is 0 Å². The number of amides is 2. The number of aromatic nitrogens is 2. The van der Waals surface area contributed by atoms with Gasteiger partial charge < -0.3 is 19.7 Å². The van der Waals surface area contributed by atoms with Crippen molar-refractivity contribution in [3.63, 3.8) is 0 Å². The molecule has 2 atom stereocenters. The zero-order chi connectivity index (χ0) is 41.4. The molecule has 0 saturated carbocycles. The van der Waals surface area contributed by atoms with Crippen molar-refractivity contribution in [1.29, 1.82) is 0 Å². The number of carbonyl (C=O) groups is 4. The van der Waals surface area contributed by atoms with Crippen molar-refractivity contribution in [3.8, 4) is 16.9 Å². The van der Waals surface area contributed by atoms with Crippen LogP contribution < -0.4 is 21.3 Å². The van der Waals surface area contributed by atoms with Gasteiger partial charge in [-0.15, -0.1) is 0 Å². The second kappa shape index (κ2) is 15.9. The van der Waals surface area contributed by atoms with Crippen LogP contribution in [0.15, 0.2) is 94.6 Å². The van der Waals surface area contributed by atoms with Gasteiger partial charge in [-0.1, -0.05) is 66.7 Å². The molecule has 2 amide bonds. The van der Waals surface area contributed by atoms with Crippen molar-refractivity contribution < 1.29 is 50.6 Å². The number of benzene rings is 4. The van der Waals surface area contributed by atoms with Crippen LogP contribution in [0.2, 0.25) is 0 Å². The first kappa shape index (κ1) is 39.3. The Morgan fingerprint density at radius 1 is 0.776 bits per heavy atom. The largest absolute Gasteiger partial charge is 0.449 e. The maximum absolute atomic E-state index is 14.6. The van der Waals surface area contributed by atoms with E-state index in [1.807, 2.05) is 48.5 Å². The summed E-state index contributed by atoms with van der Waals surface area (Å²) in [5.41, 5.74) is 1.77. The lowest BCUT2D eigenvalue weighted by Gasteiger charge is -2.23. The molecule has 1 N–H and O–H groups in total. The van der Waals surface area contributed by atoms with E-state index < -0.39 is 101 Å². The SMILES string of the molecule is Cc1cn([C@@H]2C[C@H](C(=O)Oc3c(F)c(F)c(F)c(F)c3F)N(C(=O)CCNC(=O)OCC3c4ccccc4-c4ccccc43)C2)c(=O)n(C(=O)c2ccccc2)c1=O. The molecule has 1 aliphatic heterocycles. The van der Waals surface area contributed by atoms with Gasteiger partial charge in [0.15, 0.2) is 0 Å².